The second kappa shape index (κ2) is 7.26. The van der Waals surface area contributed by atoms with E-state index in [0.29, 0.717) is 0 Å². The van der Waals surface area contributed by atoms with E-state index in [1.807, 2.05) is 30.5 Å². The molecule has 5 rings (SSSR count). The summed E-state index contributed by atoms with van der Waals surface area (Å²) in [6, 6.07) is 20.7. The maximum atomic E-state index is 5.01. The van der Waals surface area contributed by atoms with Crippen LogP contribution in [0.5, 0.6) is 0 Å². The molecule has 2 aliphatic rings. The molecule has 1 aliphatic carbocycles. The molecule has 0 saturated heterocycles. The van der Waals surface area contributed by atoms with E-state index < -0.39 is 0 Å². The number of pyridine rings is 1. The van der Waals surface area contributed by atoms with Crippen molar-refractivity contribution in [2.45, 2.75) is 13.8 Å². The Kier molecular flexibility index (Phi) is 4.45. The highest BCUT2D eigenvalue weighted by molar-refractivity contribution is 7.21. The largest absolute Gasteiger partial charge is 0.385 e. The molecule has 0 unspecified atom stereocenters. The monoisotopic (exact) mass is 396 g/mol. The van der Waals surface area contributed by atoms with E-state index in [0.717, 1.165) is 60.5 Å². The zero-order valence-electron chi connectivity index (χ0n) is 16.3. The smallest absolute Gasteiger partial charge is 0.107 e. The molecule has 0 radical (unpaired) electrons. The highest BCUT2D eigenvalue weighted by atomic mass is 32.1. The molecule has 0 fully saturated rings. The Morgan fingerprint density at radius 1 is 1.03 bits per heavy atom. The van der Waals surface area contributed by atoms with Crippen LogP contribution in [0.15, 0.2) is 71.9 Å². The van der Waals surface area contributed by atoms with Crippen LogP contribution in [0.2, 0.25) is 0 Å². The summed E-state index contributed by atoms with van der Waals surface area (Å²) in [7, 11) is 0. The number of aromatic nitrogens is 2. The van der Waals surface area contributed by atoms with Gasteiger partial charge in [-0.05, 0) is 67.9 Å². The fourth-order valence-electron chi connectivity index (χ4n) is 3.57. The van der Waals surface area contributed by atoms with Crippen molar-refractivity contribution in [3.05, 3.63) is 77.8 Å². The second-order valence-electron chi connectivity index (χ2n) is 6.97. The zero-order chi connectivity index (χ0) is 19.8. The lowest BCUT2D eigenvalue weighted by molar-refractivity contribution is 1.20. The SMILES string of the molecule is CCNc1ccc(N=c2cc3sc4ccccc4nc-3c3ncccc23)c(C)c1. The average Bonchev–Trinajstić information content (AvgIpc) is 2.75. The molecule has 4 nitrogen and oxygen atoms in total. The molecule has 0 amide bonds. The quantitative estimate of drug-likeness (QED) is 0.304. The Balaban J connectivity index is 1.80. The summed E-state index contributed by atoms with van der Waals surface area (Å²) in [6.07, 6.45) is 1.82. The van der Waals surface area contributed by atoms with Gasteiger partial charge in [0, 0.05) is 23.8 Å². The number of para-hydroxylation sites is 1. The molecule has 5 heteroatoms. The van der Waals surface area contributed by atoms with Gasteiger partial charge in [-0.1, -0.05) is 12.1 Å². The molecule has 0 saturated carbocycles. The van der Waals surface area contributed by atoms with Crippen molar-refractivity contribution in [1.82, 2.24) is 9.97 Å². The molecular weight excluding hydrogens is 376 g/mol. The van der Waals surface area contributed by atoms with E-state index in [9.17, 15) is 0 Å². The number of rotatable bonds is 3. The topological polar surface area (TPSA) is 50.2 Å². The van der Waals surface area contributed by atoms with E-state index in [2.05, 4.69) is 60.5 Å². The molecule has 0 spiro atoms. The minimum Gasteiger partial charge on any atom is -0.385 e. The first-order valence-corrected chi connectivity index (χ1v) is 10.5. The summed E-state index contributed by atoms with van der Waals surface area (Å²) < 4.78 is 1.16. The van der Waals surface area contributed by atoms with Gasteiger partial charge in [-0.2, -0.15) is 0 Å². The minimum absolute atomic E-state index is 0.896. The van der Waals surface area contributed by atoms with E-state index in [1.54, 1.807) is 11.3 Å². The van der Waals surface area contributed by atoms with E-state index in [1.165, 1.54) is 0 Å². The van der Waals surface area contributed by atoms with Gasteiger partial charge in [0.05, 0.1) is 31.7 Å². The Morgan fingerprint density at radius 3 is 2.79 bits per heavy atom. The van der Waals surface area contributed by atoms with Crippen LogP contribution in [0, 0.1) is 6.92 Å². The standard InChI is InChI=1S/C24H20N4S/c1-3-25-16-10-11-18(15(2)13-16)27-20-14-22-24(23-17(20)7-6-12-26-23)28-19-8-4-5-9-21(19)29-22/h4-14,25H,3H2,1-2H3. The van der Waals surface area contributed by atoms with Crippen LogP contribution < -0.4 is 10.7 Å². The maximum absolute atomic E-state index is 5.01. The average molecular weight is 397 g/mol. The number of nitrogens with zero attached hydrogens (tertiary/aromatic N) is 3. The number of hydrogen-bond acceptors (Lipinski definition) is 5. The zero-order valence-corrected chi connectivity index (χ0v) is 17.1. The van der Waals surface area contributed by atoms with Crippen molar-refractivity contribution in [3.63, 3.8) is 0 Å². The van der Waals surface area contributed by atoms with Gasteiger partial charge in [0.25, 0.3) is 0 Å². The van der Waals surface area contributed by atoms with Crippen LogP contribution in [0.25, 0.3) is 31.7 Å². The predicted octanol–water partition coefficient (Wildman–Crippen LogP) is 5.92. The van der Waals surface area contributed by atoms with Crippen molar-refractivity contribution in [2.24, 2.45) is 4.99 Å². The predicted molar refractivity (Wildman–Crippen MR) is 122 cm³/mol. The van der Waals surface area contributed by atoms with Crippen molar-refractivity contribution in [2.75, 3.05) is 11.9 Å². The van der Waals surface area contributed by atoms with Crippen LogP contribution in [0.3, 0.4) is 0 Å². The van der Waals surface area contributed by atoms with Gasteiger partial charge >= 0.3 is 0 Å². The van der Waals surface area contributed by atoms with Crippen LogP contribution in [0.1, 0.15) is 12.5 Å². The van der Waals surface area contributed by atoms with E-state index >= 15 is 0 Å². The number of anilines is 1. The minimum atomic E-state index is 0.896. The molecule has 29 heavy (non-hydrogen) atoms. The molecule has 2 aromatic carbocycles. The summed E-state index contributed by atoms with van der Waals surface area (Å²) in [6.45, 7) is 5.10. The number of nitrogens with one attached hydrogen (secondary N) is 1. The fourth-order valence-corrected chi connectivity index (χ4v) is 4.58. The Bertz CT molecular complexity index is 1390. The fraction of sp³-hybridized carbons (Fsp3) is 0.125. The second-order valence-corrected chi connectivity index (χ2v) is 8.05. The van der Waals surface area contributed by atoms with Gasteiger partial charge in [-0.3, -0.25) is 4.98 Å². The molecule has 2 heterocycles. The molecular formula is C24H20N4S. The molecule has 0 atom stereocenters. The van der Waals surface area contributed by atoms with Gasteiger partial charge < -0.3 is 5.32 Å². The maximum Gasteiger partial charge on any atom is 0.107 e. The van der Waals surface area contributed by atoms with Gasteiger partial charge in [0.1, 0.15) is 5.69 Å². The highest BCUT2D eigenvalue weighted by Gasteiger charge is 2.14. The first-order valence-electron chi connectivity index (χ1n) is 9.69. The van der Waals surface area contributed by atoms with Gasteiger partial charge in [-0.15, -0.1) is 11.3 Å². The van der Waals surface area contributed by atoms with Gasteiger partial charge in [0.2, 0.25) is 0 Å². The lowest BCUT2D eigenvalue weighted by Crippen LogP contribution is -2.06. The summed E-state index contributed by atoms with van der Waals surface area (Å²) in [5.41, 5.74) is 6.05. The van der Waals surface area contributed by atoms with Crippen molar-refractivity contribution in [1.29, 1.82) is 0 Å². The summed E-state index contributed by atoms with van der Waals surface area (Å²) in [4.78, 5) is 15.7. The molecule has 3 aromatic rings. The Labute approximate surface area is 173 Å². The third-order valence-electron chi connectivity index (χ3n) is 4.95. The van der Waals surface area contributed by atoms with E-state index in [4.69, 9.17) is 9.98 Å². The van der Waals surface area contributed by atoms with Crippen molar-refractivity contribution in [3.8, 4) is 10.6 Å². The molecule has 1 aliphatic heterocycles. The Hall–Kier alpha value is -3.31. The third kappa shape index (κ3) is 3.23. The summed E-state index contributed by atoms with van der Waals surface area (Å²) in [5.74, 6) is 0. The van der Waals surface area contributed by atoms with Crippen LogP contribution in [-0.2, 0) is 0 Å². The molecule has 0 bridgehead atoms. The molecule has 1 aromatic heterocycles. The molecule has 142 valence electrons. The molecule has 1 N–H and O–H groups in total. The highest BCUT2D eigenvalue weighted by Crippen LogP contribution is 2.33. The van der Waals surface area contributed by atoms with Gasteiger partial charge in [0.15, 0.2) is 0 Å². The lowest BCUT2D eigenvalue weighted by Gasteiger charge is -2.10. The normalized spacial score (nSPS) is 12.1. The number of hydrogen-bond donors (Lipinski definition) is 1. The Morgan fingerprint density at radius 2 is 1.93 bits per heavy atom. The first-order chi connectivity index (χ1) is 14.2. The lowest BCUT2D eigenvalue weighted by atomic mass is 10.1. The third-order valence-corrected chi connectivity index (χ3v) is 6.04. The van der Waals surface area contributed by atoms with Crippen molar-refractivity contribution >= 4 is 43.8 Å². The van der Waals surface area contributed by atoms with E-state index in [-0.39, 0.29) is 0 Å². The number of benzene rings is 3. The number of aryl methyl sites for hydroxylation is 1. The van der Waals surface area contributed by atoms with Crippen LogP contribution >= 0.6 is 11.3 Å². The summed E-state index contributed by atoms with van der Waals surface area (Å²) in [5, 5.41) is 5.29. The first kappa shape index (κ1) is 17.8. The number of fused-ring (bicyclic) bond motifs is 4. The van der Waals surface area contributed by atoms with Crippen LogP contribution in [0.4, 0.5) is 11.4 Å². The summed E-state index contributed by atoms with van der Waals surface area (Å²) >= 11 is 1.73. The van der Waals surface area contributed by atoms with Gasteiger partial charge in [-0.25, -0.2) is 9.98 Å². The van der Waals surface area contributed by atoms with Crippen LogP contribution in [-0.4, -0.2) is 16.5 Å². The van der Waals surface area contributed by atoms with Crippen molar-refractivity contribution < 1.29 is 0 Å².